The molecule has 0 N–H and O–H groups in total. The number of rotatable bonds is 13. The molecule has 0 radical (unpaired) electrons. The van der Waals surface area contributed by atoms with Gasteiger partial charge in [-0.25, -0.2) is 0 Å². The van der Waals surface area contributed by atoms with E-state index < -0.39 is 0 Å². The van der Waals surface area contributed by atoms with Gasteiger partial charge in [0.05, 0.1) is 18.9 Å². The van der Waals surface area contributed by atoms with Gasteiger partial charge in [-0.15, -0.1) is 15.3 Å². The lowest BCUT2D eigenvalue weighted by Crippen LogP contribution is -2.37. The zero-order valence-corrected chi connectivity index (χ0v) is 23.9. The molecule has 1 aliphatic heterocycles. The lowest BCUT2D eigenvalue weighted by Gasteiger charge is -2.23. The van der Waals surface area contributed by atoms with Crippen LogP contribution in [0.25, 0.3) is 27.9 Å². The van der Waals surface area contributed by atoms with Crippen LogP contribution in [-0.2, 0) is 25.6 Å². The van der Waals surface area contributed by atoms with Crippen molar-refractivity contribution >= 4 is 28.0 Å². The highest BCUT2D eigenvalue weighted by molar-refractivity contribution is 6.02. The summed E-state index contributed by atoms with van der Waals surface area (Å²) < 4.78 is 28.7. The summed E-state index contributed by atoms with van der Waals surface area (Å²) in [5, 5.41) is 19.1. The molecule has 0 spiro atoms. The van der Waals surface area contributed by atoms with Gasteiger partial charge in [0.1, 0.15) is 13.2 Å². The summed E-state index contributed by atoms with van der Waals surface area (Å²) >= 11 is 0. The van der Waals surface area contributed by atoms with Crippen LogP contribution in [0.5, 0.6) is 5.88 Å². The van der Waals surface area contributed by atoms with Gasteiger partial charge in [0, 0.05) is 63.4 Å². The number of fused-ring (bicyclic) bond motifs is 3. The summed E-state index contributed by atoms with van der Waals surface area (Å²) in [6, 6.07) is 9.42. The fourth-order valence-electron chi connectivity index (χ4n) is 4.48. The van der Waals surface area contributed by atoms with Gasteiger partial charge in [0.15, 0.2) is 17.1 Å². The van der Waals surface area contributed by atoms with Crippen molar-refractivity contribution in [2.45, 2.75) is 13.0 Å². The molecule has 1 amide bonds. The van der Waals surface area contributed by atoms with Crippen LogP contribution < -0.4 is 4.74 Å². The summed E-state index contributed by atoms with van der Waals surface area (Å²) in [5.41, 5.74) is 2.32. The number of amides is 1. The molecule has 0 saturated carbocycles. The molecule has 0 unspecified atom stereocenters. The van der Waals surface area contributed by atoms with Crippen LogP contribution >= 0.6 is 0 Å². The average molecular weight is 576 g/mol. The summed E-state index contributed by atoms with van der Waals surface area (Å²) in [4.78, 5) is 19.7. The summed E-state index contributed by atoms with van der Waals surface area (Å²) in [6.45, 7) is 2.79. The standard InChI is InChI=1S/C29H33N7O6/c1-38-15-13-35(14-16-39-2)29(37)20-7-6-12-30-21(11-10-20)18-41-28-24-9-5-4-8-23(24)26-31-32-27(36(26)33-28)25-17-22(19-40-3)42-34-25/h4-5,7-11,17H,6,12-16,18-19H2,1-3H3. The van der Waals surface area contributed by atoms with E-state index in [2.05, 4.69) is 20.3 Å². The number of methoxy groups -OCH3 is 3. The molecular formula is C29H33N7O6. The first-order valence-corrected chi connectivity index (χ1v) is 13.5. The van der Waals surface area contributed by atoms with Crippen molar-refractivity contribution in [1.29, 1.82) is 0 Å². The first kappa shape index (κ1) is 29.0. The van der Waals surface area contributed by atoms with E-state index in [9.17, 15) is 4.79 Å². The molecule has 4 heterocycles. The van der Waals surface area contributed by atoms with Crippen molar-refractivity contribution < 1.29 is 28.3 Å². The molecule has 0 saturated heterocycles. The van der Waals surface area contributed by atoms with Crippen molar-refractivity contribution in [3.63, 3.8) is 0 Å². The SMILES string of the molecule is COCCN(CCOC)C(=O)C1=CCCN=C(COc2nn3c(-c4cc(COC)on4)nnc3c3ccccc23)C=C1. The first-order valence-electron chi connectivity index (χ1n) is 13.5. The van der Waals surface area contributed by atoms with Gasteiger partial charge in [-0.1, -0.05) is 29.4 Å². The Balaban J connectivity index is 1.38. The topological polar surface area (TPSA) is 139 Å². The zero-order chi connectivity index (χ0) is 29.3. The minimum atomic E-state index is -0.0812. The van der Waals surface area contributed by atoms with Crippen molar-refractivity contribution in [3.8, 4) is 17.4 Å². The van der Waals surface area contributed by atoms with E-state index in [-0.39, 0.29) is 19.1 Å². The molecular weight excluding hydrogens is 542 g/mol. The maximum Gasteiger partial charge on any atom is 0.253 e. The highest BCUT2D eigenvalue weighted by Crippen LogP contribution is 2.29. The third-order valence-corrected chi connectivity index (χ3v) is 6.59. The maximum absolute atomic E-state index is 13.3. The van der Waals surface area contributed by atoms with E-state index in [1.165, 1.54) is 0 Å². The molecule has 3 aromatic heterocycles. The van der Waals surface area contributed by atoms with Crippen molar-refractivity contribution in [2.75, 3.05) is 60.8 Å². The van der Waals surface area contributed by atoms with Gasteiger partial charge in [-0.3, -0.25) is 9.79 Å². The zero-order valence-electron chi connectivity index (χ0n) is 23.9. The molecule has 0 bridgehead atoms. The quantitative estimate of drug-likeness (QED) is 0.234. The fraction of sp³-hybridized carbons (Fsp3) is 0.379. The fourth-order valence-corrected chi connectivity index (χ4v) is 4.48. The van der Waals surface area contributed by atoms with Crippen LogP contribution in [0.15, 0.2) is 63.6 Å². The van der Waals surface area contributed by atoms with Gasteiger partial charge in [-0.2, -0.15) is 4.52 Å². The molecule has 4 aromatic rings. The number of carbonyl (C=O) groups is 1. The van der Waals surface area contributed by atoms with Crippen molar-refractivity contribution in [2.24, 2.45) is 4.99 Å². The second-order valence-corrected chi connectivity index (χ2v) is 9.44. The Morgan fingerprint density at radius 3 is 2.55 bits per heavy atom. The lowest BCUT2D eigenvalue weighted by molar-refractivity contribution is -0.128. The second kappa shape index (κ2) is 13.9. The molecule has 13 heteroatoms. The molecule has 0 fully saturated rings. The molecule has 0 atom stereocenters. The van der Waals surface area contributed by atoms with Gasteiger partial charge in [0.25, 0.3) is 5.91 Å². The highest BCUT2D eigenvalue weighted by atomic mass is 16.5. The Labute approximate surface area is 242 Å². The Morgan fingerprint density at radius 2 is 1.79 bits per heavy atom. The number of hydrogen-bond acceptors (Lipinski definition) is 11. The number of hydrogen-bond donors (Lipinski definition) is 0. The molecule has 5 rings (SSSR count). The first-order chi connectivity index (χ1) is 20.6. The lowest BCUT2D eigenvalue weighted by atomic mass is 10.1. The van der Waals surface area contributed by atoms with E-state index in [1.807, 2.05) is 36.4 Å². The van der Waals surface area contributed by atoms with Gasteiger partial charge in [-0.05, 0) is 24.6 Å². The Kier molecular flexibility index (Phi) is 9.64. The third-order valence-electron chi connectivity index (χ3n) is 6.59. The van der Waals surface area contributed by atoms with Crippen molar-refractivity contribution in [1.82, 2.24) is 29.9 Å². The number of ether oxygens (including phenoxy) is 4. The molecule has 42 heavy (non-hydrogen) atoms. The molecule has 220 valence electrons. The maximum atomic E-state index is 13.3. The van der Waals surface area contributed by atoms with Gasteiger partial charge in [0.2, 0.25) is 11.7 Å². The van der Waals surface area contributed by atoms with E-state index in [4.69, 9.17) is 28.6 Å². The van der Waals surface area contributed by atoms with Crippen molar-refractivity contribution in [3.05, 3.63) is 59.9 Å². The summed E-state index contributed by atoms with van der Waals surface area (Å²) in [5.74, 6) is 1.27. The summed E-state index contributed by atoms with van der Waals surface area (Å²) in [7, 11) is 4.81. The Bertz CT molecular complexity index is 1620. The van der Waals surface area contributed by atoms with Crippen LogP contribution in [0.1, 0.15) is 12.2 Å². The normalized spacial score (nSPS) is 13.6. The number of benzene rings is 1. The van der Waals surface area contributed by atoms with E-state index in [0.29, 0.717) is 79.4 Å². The number of carbonyl (C=O) groups excluding carboxylic acids is 1. The number of aliphatic imine (C=N–C) groups is 1. The Hall–Kier alpha value is -4.46. The minimum Gasteiger partial charge on any atom is -0.470 e. The largest absolute Gasteiger partial charge is 0.470 e. The molecule has 13 nitrogen and oxygen atoms in total. The molecule has 1 aromatic carbocycles. The third kappa shape index (κ3) is 6.54. The molecule has 1 aliphatic rings. The second-order valence-electron chi connectivity index (χ2n) is 9.44. The predicted molar refractivity (Wildman–Crippen MR) is 154 cm³/mol. The smallest absolute Gasteiger partial charge is 0.253 e. The van der Waals surface area contributed by atoms with Crippen LogP contribution in [0.3, 0.4) is 0 Å². The molecule has 0 aliphatic carbocycles. The van der Waals surface area contributed by atoms with Crippen LogP contribution in [0, 0.1) is 0 Å². The summed E-state index contributed by atoms with van der Waals surface area (Å²) in [6.07, 6.45) is 6.12. The van der Waals surface area contributed by atoms with Crippen LogP contribution in [0.4, 0.5) is 0 Å². The minimum absolute atomic E-state index is 0.0812. The number of aromatic nitrogens is 5. The average Bonchev–Trinajstić information content (AvgIpc) is 3.64. The predicted octanol–water partition coefficient (Wildman–Crippen LogP) is 2.91. The van der Waals surface area contributed by atoms with E-state index in [0.717, 1.165) is 10.8 Å². The van der Waals surface area contributed by atoms with Crippen LogP contribution in [0.2, 0.25) is 0 Å². The van der Waals surface area contributed by atoms with E-state index in [1.54, 1.807) is 42.9 Å². The van der Waals surface area contributed by atoms with Crippen LogP contribution in [-0.4, -0.2) is 102 Å². The Morgan fingerprint density at radius 1 is 1.00 bits per heavy atom. The number of nitrogens with zero attached hydrogens (tertiary/aromatic N) is 7. The monoisotopic (exact) mass is 575 g/mol. The highest BCUT2D eigenvalue weighted by Gasteiger charge is 2.20. The van der Waals surface area contributed by atoms with E-state index >= 15 is 0 Å². The van der Waals surface area contributed by atoms with Gasteiger partial charge < -0.3 is 28.4 Å². The van der Waals surface area contributed by atoms with Gasteiger partial charge >= 0.3 is 0 Å².